The average molecular weight is 333 g/mol. The van der Waals surface area contributed by atoms with Crippen molar-refractivity contribution in [1.82, 2.24) is 15.1 Å². The van der Waals surface area contributed by atoms with Gasteiger partial charge in [-0.2, -0.15) is 5.10 Å². The van der Waals surface area contributed by atoms with Crippen LogP contribution in [0.4, 0.5) is 0 Å². The first-order valence-corrected chi connectivity index (χ1v) is 8.49. The summed E-state index contributed by atoms with van der Waals surface area (Å²) in [5.74, 6) is -0.106. The molecule has 3 aromatic rings. The Kier molecular flexibility index (Phi) is 4.70. The number of carbonyl (C=O) groups is 1. The lowest BCUT2D eigenvalue weighted by Crippen LogP contribution is -2.30. The van der Waals surface area contributed by atoms with Crippen LogP contribution in [0, 0.1) is 13.8 Å². The zero-order valence-corrected chi connectivity index (χ0v) is 15.1. The Hall–Kier alpha value is -2.88. The van der Waals surface area contributed by atoms with Gasteiger partial charge in [0.15, 0.2) is 0 Å². The number of benzene rings is 2. The van der Waals surface area contributed by atoms with Crippen LogP contribution in [0.2, 0.25) is 0 Å². The number of aryl methyl sites for hydroxylation is 2. The van der Waals surface area contributed by atoms with Crippen LogP contribution in [-0.2, 0) is 0 Å². The zero-order chi connectivity index (χ0) is 18.0. The molecule has 0 radical (unpaired) electrons. The van der Waals surface area contributed by atoms with Gasteiger partial charge in [-0.15, -0.1) is 0 Å². The third kappa shape index (κ3) is 3.63. The summed E-state index contributed by atoms with van der Waals surface area (Å²) in [5, 5.41) is 7.67. The molecule has 0 saturated carbocycles. The van der Waals surface area contributed by atoms with E-state index in [1.165, 1.54) is 11.1 Å². The van der Waals surface area contributed by atoms with Gasteiger partial charge in [0.1, 0.15) is 5.69 Å². The molecule has 4 nitrogen and oxygen atoms in total. The van der Waals surface area contributed by atoms with E-state index in [2.05, 4.69) is 31.3 Å². The van der Waals surface area contributed by atoms with Crippen molar-refractivity contribution in [2.75, 3.05) is 0 Å². The van der Waals surface area contributed by atoms with Gasteiger partial charge in [0, 0.05) is 17.8 Å². The molecule has 0 spiro atoms. The van der Waals surface area contributed by atoms with Crippen LogP contribution in [0.15, 0.2) is 54.7 Å². The fourth-order valence-electron chi connectivity index (χ4n) is 2.69. The van der Waals surface area contributed by atoms with Gasteiger partial charge in [-0.25, -0.2) is 4.68 Å². The highest BCUT2D eigenvalue weighted by Gasteiger charge is 2.19. The highest BCUT2D eigenvalue weighted by atomic mass is 16.1. The van der Waals surface area contributed by atoms with E-state index in [4.69, 9.17) is 5.10 Å². The number of amides is 1. The van der Waals surface area contributed by atoms with Crippen LogP contribution in [0.1, 0.15) is 35.3 Å². The average Bonchev–Trinajstić information content (AvgIpc) is 3.03. The molecule has 0 unspecified atom stereocenters. The number of aromatic nitrogens is 2. The van der Waals surface area contributed by atoms with Crippen LogP contribution < -0.4 is 5.32 Å². The van der Waals surface area contributed by atoms with Crippen molar-refractivity contribution in [2.45, 2.75) is 33.7 Å². The molecule has 4 heteroatoms. The maximum Gasteiger partial charge on any atom is 0.255 e. The minimum absolute atomic E-state index is 0.0696. The lowest BCUT2D eigenvalue weighted by Gasteiger charge is -2.09. The van der Waals surface area contributed by atoms with Crippen LogP contribution in [0.3, 0.4) is 0 Å². The summed E-state index contributed by atoms with van der Waals surface area (Å²) in [7, 11) is 0. The van der Waals surface area contributed by atoms with Crippen molar-refractivity contribution in [1.29, 1.82) is 0 Å². The van der Waals surface area contributed by atoms with E-state index in [-0.39, 0.29) is 11.9 Å². The number of nitrogens with zero attached hydrogens (tertiary/aromatic N) is 2. The summed E-state index contributed by atoms with van der Waals surface area (Å²) < 4.78 is 1.76. The van der Waals surface area contributed by atoms with E-state index < -0.39 is 0 Å². The maximum atomic E-state index is 12.7. The third-order valence-corrected chi connectivity index (χ3v) is 4.18. The van der Waals surface area contributed by atoms with Crippen molar-refractivity contribution in [2.24, 2.45) is 0 Å². The smallest absolute Gasteiger partial charge is 0.255 e. The van der Waals surface area contributed by atoms with E-state index in [0.717, 1.165) is 11.3 Å². The quantitative estimate of drug-likeness (QED) is 0.774. The Balaban J connectivity index is 2.12. The molecule has 1 heterocycles. The predicted octanol–water partition coefficient (Wildman–Crippen LogP) is 4.29. The second-order valence-electron chi connectivity index (χ2n) is 6.60. The summed E-state index contributed by atoms with van der Waals surface area (Å²) >= 11 is 0. The normalized spacial score (nSPS) is 10.9. The lowest BCUT2D eigenvalue weighted by atomic mass is 10.0. The minimum atomic E-state index is -0.106. The molecule has 0 aliphatic rings. The van der Waals surface area contributed by atoms with Crippen LogP contribution in [0.25, 0.3) is 16.9 Å². The Morgan fingerprint density at radius 2 is 1.76 bits per heavy atom. The highest BCUT2D eigenvalue weighted by molar-refractivity contribution is 6.00. The van der Waals surface area contributed by atoms with Gasteiger partial charge in [0.25, 0.3) is 5.91 Å². The highest BCUT2D eigenvalue weighted by Crippen LogP contribution is 2.26. The number of rotatable bonds is 4. The van der Waals surface area contributed by atoms with E-state index in [1.807, 2.05) is 50.2 Å². The molecule has 0 saturated heterocycles. The molecular weight excluding hydrogens is 310 g/mol. The summed E-state index contributed by atoms with van der Waals surface area (Å²) in [4.78, 5) is 12.7. The predicted molar refractivity (Wildman–Crippen MR) is 101 cm³/mol. The molecule has 0 atom stereocenters. The fraction of sp³-hybridized carbons (Fsp3) is 0.238. The van der Waals surface area contributed by atoms with Crippen molar-refractivity contribution in [3.63, 3.8) is 0 Å². The molecule has 0 bridgehead atoms. The minimum Gasteiger partial charge on any atom is -0.350 e. The van der Waals surface area contributed by atoms with Crippen molar-refractivity contribution < 1.29 is 4.79 Å². The van der Waals surface area contributed by atoms with Gasteiger partial charge in [-0.05, 0) is 57.0 Å². The lowest BCUT2D eigenvalue weighted by molar-refractivity contribution is 0.0944. The third-order valence-electron chi connectivity index (χ3n) is 4.18. The van der Waals surface area contributed by atoms with Crippen LogP contribution >= 0.6 is 0 Å². The summed E-state index contributed by atoms with van der Waals surface area (Å²) in [6.07, 6.45) is 1.80. The zero-order valence-electron chi connectivity index (χ0n) is 15.1. The first-order chi connectivity index (χ1) is 12.0. The number of para-hydroxylation sites is 1. The molecule has 0 fully saturated rings. The van der Waals surface area contributed by atoms with E-state index in [0.29, 0.717) is 11.3 Å². The van der Waals surface area contributed by atoms with Gasteiger partial charge < -0.3 is 5.32 Å². The monoisotopic (exact) mass is 333 g/mol. The number of carbonyl (C=O) groups excluding carboxylic acids is 1. The topological polar surface area (TPSA) is 46.9 Å². The molecule has 128 valence electrons. The number of hydrogen-bond acceptors (Lipinski definition) is 2. The Morgan fingerprint density at radius 1 is 1.04 bits per heavy atom. The van der Waals surface area contributed by atoms with E-state index >= 15 is 0 Å². The summed E-state index contributed by atoms with van der Waals surface area (Å²) in [6.45, 7) is 8.05. The second kappa shape index (κ2) is 6.93. The SMILES string of the molecule is Cc1ccc(-c2nn(-c3ccccc3)cc2C(=O)NC(C)C)cc1C. The van der Waals surface area contributed by atoms with Crippen molar-refractivity contribution >= 4 is 5.91 Å². The molecule has 1 amide bonds. The molecule has 1 N–H and O–H groups in total. The molecule has 0 aliphatic heterocycles. The molecule has 0 aliphatic carbocycles. The molecule has 3 rings (SSSR count). The fourth-order valence-corrected chi connectivity index (χ4v) is 2.69. The van der Waals surface area contributed by atoms with Crippen molar-refractivity contribution in [3.8, 4) is 16.9 Å². The Bertz CT molecular complexity index is 895. The van der Waals surface area contributed by atoms with E-state index in [1.54, 1.807) is 10.9 Å². The Morgan fingerprint density at radius 3 is 2.40 bits per heavy atom. The summed E-state index contributed by atoms with van der Waals surface area (Å²) in [6, 6.07) is 16.1. The first kappa shape index (κ1) is 17.0. The summed E-state index contributed by atoms with van der Waals surface area (Å²) in [5.41, 5.74) is 5.56. The molecule has 2 aromatic carbocycles. The second-order valence-corrected chi connectivity index (χ2v) is 6.60. The number of hydrogen-bond donors (Lipinski definition) is 1. The molecule has 25 heavy (non-hydrogen) atoms. The molecular formula is C21H23N3O. The van der Waals surface area contributed by atoms with Gasteiger partial charge in [0.2, 0.25) is 0 Å². The van der Waals surface area contributed by atoms with Crippen LogP contribution in [-0.4, -0.2) is 21.7 Å². The van der Waals surface area contributed by atoms with Gasteiger partial charge >= 0.3 is 0 Å². The largest absolute Gasteiger partial charge is 0.350 e. The molecule has 1 aromatic heterocycles. The van der Waals surface area contributed by atoms with E-state index in [9.17, 15) is 4.79 Å². The van der Waals surface area contributed by atoms with Gasteiger partial charge in [0.05, 0.1) is 11.3 Å². The van der Waals surface area contributed by atoms with Crippen LogP contribution in [0.5, 0.6) is 0 Å². The van der Waals surface area contributed by atoms with Gasteiger partial charge in [-0.1, -0.05) is 30.3 Å². The Labute approximate surface area is 148 Å². The van der Waals surface area contributed by atoms with Gasteiger partial charge in [-0.3, -0.25) is 4.79 Å². The number of nitrogens with one attached hydrogen (secondary N) is 1. The maximum absolute atomic E-state index is 12.7. The van der Waals surface area contributed by atoms with Crippen molar-refractivity contribution in [3.05, 3.63) is 71.4 Å². The standard InChI is InChI=1S/C21H23N3O/c1-14(2)22-21(25)19-13-24(18-8-6-5-7-9-18)23-20(19)17-11-10-15(3)16(4)12-17/h5-14H,1-4H3,(H,22,25). The first-order valence-electron chi connectivity index (χ1n) is 8.49.